The van der Waals surface area contributed by atoms with Crippen molar-refractivity contribution in [2.24, 2.45) is 0 Å². The minimum Gasteiger partial charge on any atom is -0.456 e. The van der Waals surface area contributed by atoms with E-state index in [-0.39, 0.29) is 0 Å². The summed E-state index contributed by atoms with van der Waals surface area (Å²) in [4.78, 5) is 22.8. The van der Waals surface area contributed by atoms with Gasteiger partial charge in [-0.05, 0) is 30.3 Å². The highest BCUT2D eigenvalue weighted by Crippen LogP contribution is 2.34. The molecular weight excluding hydrogens is 482 g/mol. The summed E-state index contributed by atoms with van der Waals surface area (Å²) in [5, 5.41) is 1.95. The summed E-state index contributed by atoms with van der Waals surface area (Å²) < 4.78 is 108. The molecule has 2 N–H and O–H groups in total. The highest BCUT2D eigenvalue weighted by molar-refractivity contribution is 7.89. The van der Waals surface area contributed by atoms with Gasteiger partial charge in [0.25, 0.3) is 5.91 Å². The number of para-hydroxylation sites is 1. The van der Waals surface area contributed by atoms with Crippen LogP contribution < -0.4 is 10.0 Å². The van der Waals surface area contributed by atoms with Crippen LogP contribution >= 0.6 is 0 Å². The maximum absolute atomic E-state index is 12.9. The molecule has 0 saturated carbocycles. The van der Waals surface area contributed by atoms with Crippen LogP contribution in [0, 0.1) is 0 Å². The summed E-state index contributed by atoms with van der Waals surface area (Å²) in [7, 11) is -4.37. The SMILES string of the molecule is O=C(COC(=O)CCNS(=O)(=O)c1cccc(C(F)(F)F)c1)Nc1ccccc1C(F)(F)F. The van der Waals surface area contributed by atoms with Crippen LogP contribution in [0.4, 0.5) is 32.0 Å². The lowest BCUT2D eigenvalue weighted by Gasteiger charge is -2.13. The first kappa shape index (κ1) is 26.1. The summed E-state index contributed by atoms with van der Waals surface area (Å²) >= 11 is 0. The molecule has 0 aliphatic rings. The number of benzene rings is 2. The molecule has 0 aliphatic heterocycles. The normalized spacial score (nSPS) is 12.3. The topological polar surface area (TPSA) is 102 Å². The second-order valence-corrected chi connectivity index (χ2v) is 8.19. The Morgan fingerprint density at radius 2 is 1.58 bits per heavy atom. The van der Waals surface area contributed by atoms with Gasteiger partial charge in [0.1, 0.15) is 0 Å². The molecule has 0 unspecified atom stereocenters. The van der Waals surface area contributed by atoms with Crippen LogP contribution in [-0.2, 0) is 36.7 Å². The van der Waals surface area contributed by atoms with E-state index < -0.39 is 75.5 Å². The van der Waals surface area contributed by atoms with Gasteiger partial charge in [-0.3, -0.25) is 9.59 Å². The number of hydrogen-bond acceptors (Lipinski definition) is 5. The number of carbonyl (C=O) groups is 2. The monoisotopic (exact) mass is 498 g/mol. The highest BCUT2D eigenvalue weighted by Gasteiger charge is 2.34. The molecule has 0 radical (unpaired) electrons. The van der Waals surface area contributed by atoms with Gasteiger partial charge in [-0.15, -0.1) is 0 Å². The van der Waals surface area contributed by atoms with Crippen molar-refractivity contribution >= 4 is 27.6 Å². The van der Waals surface area contributed by atoms with E-state index in [1.54, 1.807) is 0 Å². The standard InChI is InChI=1S/C19H16F6N2O5S/c20-18(21,22)12-4-3-5-13(10-12)33(30,31)26-9-8-17(29)32-11-16(28)27-15-7-2-1-6-14(15)19(23,24)25/h1-7,10,26H,8-9,11H2,(H,27,28). The Labute approximate surface area is 183 Å². The Balaban J connectivity index is 1.85. The largest absolute Gasteiger partial charge is 0.456 e. The van der Waals surface area contributed by atoms with Crippen molar-refractivity contribution in [1.29, 1.82) is 0 Å². The predicted octanol–water partition coefficient (Wildman–Crippen LogP) is 3.57. The van der Waals surface area contributed by atoms with E-state index in [1.807, 2.05) is 10.0 Å². The number of esters is 1. The van der Waals surface area contributed by atoms with E-state index in [1.165, 1.54) is 6.07 Å². The molecule has 1 amide bonds. The zero-order valence-corrected chi connectivity index (χ0v) is 17.3. The Kier molecular flexibility index (Phi) is 8.08. The molecule has 2 rings (SSSR count). The number of ether oxygens (including phenoxy) is 1. The molecule has 0 spiro atoms. The number of alkyl halides is 6. The van der Waals surface area contributed by atoms with Gasteiger partial charge in [-0.25, -0.2) is 13.1 Å². The fourth-order valence-electron chi connectivity index (χ4n) is 2.45. The lowest BCUT2D eigenvalue weighted by atomic mass is 10.1. The average molecular weight is 498 g/mol. The van der Waals surface area contributed by atoms with E-state index in [0.717, 1.165) is 30.3 Å². The maximum Gasteiger partial charge on any atom is 0.418 e. The van der Waals surface area contributed by atoms with Gasteiger partial charge in [0.2, 0.25) is 10.0 Å². The van der Waals surface area contributed by atoms with Crippen molar-refractivity contribution in [1.82, 2.24) is 4.72 Å². The van der Waals surface area contributed by atoms with E-state index in [9.17, 15) is 44.3 Å². The van der Waals surface area contributed by atoms with Gasteiger partial charge in [-0.1, -0.05) is 18.2 Å². The molecule has 7 nitrogen and oxygen atoms in total. The fraction of sp³-hybridized carbons (Fsp3) is 0.263. The van der Waals surface area contributed by atoms with Crippen LogP contribution in [0.5, 0.6) is 0 Å². The number of halogens is 6. The van der Waals surface area contributed by atoms with Gasteiger partial charge in [0.15, 0.2) is 6.61 Å². The molecule has 0 saturated heterocycles. The quantitative estimate of drug-likeness (QED) is 0.428. The van der Waals surface area contributed by atoms with E-state index in [2.05, 4.69) is 4.74 Å². The maximum atomic E-state index is 12.9. The molecule has 0 aliphatic carbocycles. The van der Waals surface area contributed by atoms with Crippen LogP contribution in [0.1, 0.15) is 17.5 Å². The average Bonchev–Trinajstić information content (AvgIpc) is 2.71. The zero-order valence-electron chi connectivity index (χ0n) is 16.5. The number of anilines is 1. The first-order valence-corrected chi connectivity index (χ1v) is 10.5. The number of amides is 1. The lowest BCUT2D eigenvalue weighted by Crippen LogP contribution is -2.28. The number of rotatable bonds is 8. The number of hydrogen-bond donors (Lipinski definition) is 2. The van der Waals surface area contributed by atoms with Crippen LogP contribution in [0.3, 0.4) is 0 Å². The summed E-state index contributed by atoms with van der Waals surface area (Å²) in [5.41, 5.74) is -2.82. The third kappa shape index (κ3) is 7.75. The third-order valence-electron chi connectivity index (χ3n) is 3.96. The summed E-state index contributed by atoms with van der Waals surface area (Å²) in [5.74, 6) is -2.13. The molecule has 0 aromatic heterocycles. The molecule has 0 heterocycles. The van der Waals surface area contributed by atoms with Gasteiger partial charge < -0.3 is 10.1 Å². The smallest absolute Gasteiger partial charge is 0.418 e. The molecule has 0 atom stereocenters. The first-order chi connectivity index (χ1) is 15.2. The van der Waals surface area contributed by atoms with Crippen LogP contribution in [-0.4, -0.2) is 33.4 Å². The Bertz CT molecular complexity index is 1120. The van der Waals surface area contributed by atoms with Crippen LogP contribution in [0.2, 0.25) is 0 Å². The summed E-state index contributed by atoms with van der Waals surface area (Å²) in [6, 6.07) is 7.08. The van der Waals surface area contributed by atoms with Crippen LogP contribution in [0.25, 0.3) is 0 Å². The van der Waals surface area contributed by atoms with E-state index in [4.69, 9.17) is 0 Å². The van der Waals surface area contributed by atoms with Crippen molar-refractivity contribution in [3.8, 4) is 0 Å². The Morgan fingerprint density at radius 3 is 2.21 bits per heavy atom. The van der Waals surface area contributed by atoms with Crippen molar-refractivity contribution in [3.05, 3.63) is 59.7 Å². The van der Waals surface area contributed by atoms with Crippen molar-refractivity contribution < 1.29 is 49.1 Å². The molecule has 180 valence electrons. The van der Waals surface area contributed by atoms with Crippen molar-refractivity contribution in [2.75, 3.05) is 18.5 Å². The minimum atomic E-state index is -4.75. The van der Waals surface area contributed by atoms with Gasteiger partial charge >= 0.3 is 18.3 Å². The molecule has 14 heteroatoms. The first-order valence-electron chi connectivity index (χ1n) is 8.99. The highest BCUT2D eigenvalue weighted by atomic mass is 32.2. The summed E-state index contributed by atoms with van der Waals surface area (Å²) in [6.45, 7) is -1.50. The molecule has 33 heavy (non-hydrogen) atoms. The van der Waals surface area contributed by atoms with Gasteiger partial charge in [0.05, 0.1) is 28.1 Å². The predicted molar refractivity (Wildman–Crippen MR) is 102 cm³/mol. The molecular formula is C19H16F6N2O5S. The van der Waals surface area contributed by atoms with Crippen LogP contribution in [0.15, 0.2) is 53.4 Å². The van der Waals surface area contributed by atoms with Gasteiger partial charge in [0, 0.05) is 6.54 Å². The zero-order chi connectivity index (χ0) is 24.9. The Morgan fingerprint density at radius 1 is 0.909 bits per heavy atom. The number of nitrogens with one attached hydrogen (secondary N) is 2. The second kappa shape index (κ2) is 10.2. The van der Waals surface area contributed by atoms with Crippen molar-refractivity contribution in [3.63, 3.8) is 0 Å². The number of sulfonamides is 1. The minimum absolute atomic E-state index is 0.420. The molecule has 2 aromatic carbocycles. The van der Waals surface area contributed by atoms with E-state index in [0.29, 0.717) is 12.1 Å². The molecule has 0 fully saturated rings. The molecule has 0 bridgehead atoms. The van der Waals surface area contributed by atoms with Gasteiger partial charge in [-0.2, -0.15) is 26.3 Å². The summed E-state index contributed by atoms with van der Waals surface area (Å²) in [6.07, 6.45) is -10.1. The third-order valence-corrected chi connectivity index (χ3v) is 5.42. The number of carbonyl (C=O) groups excluding carboxylic acids is 2. The fourth-order valence-corrected chi connectivity index (χ4v) is 3.53. The second-order valence-electron chi connectivity index (χ2n) is 6.43. The van der Waals surface area contributed by atoms with E-state index >= 15 is 0 Å². The molecule has 2 aromatic rings. The van der Waals surface area contributed by atoms with Crippen molar-refractivity contribution in [2.45, 2.75) is 23.7 Å². The Hall–Kier alpha value is -3.13. The lowest BCUT2D eigenvalue weighted by molar-refractivity contribution is -0.147.